The summed E-state index contributed by atoms with van der Waals surface area (Å²) in [5.74, 6) is -3.83. The number of ether oxygens (including phenoxy) is 2. The number of rotatable bonds is 6. The van der Waals surface area contributed by atoms with Gasteiger partial charge < -0.3 is 29.3 Å². The van der Waals surface area contributed by atoms with Crippen LogP contribution in [-0.4, -0.2) is 24.2 Å². The number of carbonyl (C=O) groups excluding carboxylic acids is 2. The van der Waals surface area contributed by atoms with Crippen LogP contribution in [0.3, 0.4) is 0 Å². The van der Waals surface area contributed by atoms with Gasteiger partial charge in [0.1, 0.15) is 0 Å². The molecule has 0 bridgehead atoms. The molecule has 0 aromatic heterocycles. The normalized spacial score (nSPS) is 28.9. The minimum atomic E-state index is -3.18. The number of allylic oxidation sites excluding steroid dienone is 2. The first-order valence-electron chi connectivity index (χ1n) is 7.38. The second-order valence-electron chi connectivity index (χ2n) is 5.59. The van der Waals surface area contributed by atoms with Crippen LogP contribution in [0.5, 0.6) is 0 Å². The smallest absolute Gasteiger partial charge is 0.387 e. The van der Waals surface area contributed by atoms with Gasteiger partial charge in [0.2, 0.25) is 0 Å². The molecule has 2 aliphatic rings. The minimum absolute atomic E-state index is 0.0141. The van der Waals surface area contributed by atoms with Crippen LogP contribution >= 0.6 is 0 Å². The van der Waals surface area contributed by atoms with Gasteiger partial charge in [-0.2, -0.15) is 8.78 Å². The van der Waals surface area contributed by atoms with Crippen molar-refractivity contribution < 1.29 is 38.1 Å². The Bertz CT molecular complexity index is 678. The summed E-state index contributed by atoms with van der Waals surface area (Å²) in [5, 5.41) is 23.4. The van der Waals surface area contributed by atoms with Crippen molar-refractivity contribution in [2.24, 2.45) is 5.41 Å². The van der Waals surface area contributed by atoms with Crippen LogP contribution in [0, 0.1) is 5.41 Å². The lowest BCUT2D eigenvalue weighted by atomic mass is 9.71. The van der Waals surface area contributed by atoms with Crippen molar-refractivity contribution >= 4 is 11.9 Å². The van der Waals surface area contributed by atoms with E-state index < -0.39 is 35.3 Å². The average molecular weight is 342 g/mol. The monoisotopic (exact) mass is 342 g/mol. The zero-order valence-corrected chi connectivity index (χ0v) is 13.4. The average Bonchev–Trinajstić information content (AvgIpc) is 2.82. The number of aliphatic carboxylic acids is 2. The van der Waals surface area contributed by atoms with Crippen molar-refractivity contribution in [1.29, 1.82) is 0 Å². The van der Waals surface area contributed by atoms with Gasteiger partial charge in [-0.1, -0.05) is 19.9 Å². The maximum absolute atomic E-state index is 12.6. The lowest BCUT2D eigenvalue weighted by Gasteiger charge is -2.35. The molecule has 2 unspecified atom stereocenters. The number of carboxylic acid groups (broad SMARTS) is 2. The highest BCUT2D eigenvalue weighted by Crippen LogP contribution is 2.53. The molecule has 1 aliphatic carbocycles. The molecule has 24 heavy (non-hydrogen) atoms. The van der Waals surface area contributed by atoms with E-state index in [2.05, 4.69) is 4.74 Å². The fourth-order valence-electron chi connectivity index (χ4n) is 3.24. The highest BCUT2D eigenvalue weighted by molar-refractivity contribution is 5.88. The molecule has 0 aromatic carbocycles. The number of carbonyl (C=O) groups is 2. The van der Waals surface area contributed by atoms with E-state index in [9.17, 15) is 28.6 Å². The van der Waals surface area contributed by atoms with E-state index in [1.165, 1.54) is 13.8 Å². The first-order chi connectivity index (χ1) is 11.2. The summed E-state index contributed by atoms with van der Waals surface area (Å²) in [6, 6.07) is 0. The first kappa shape index (κ1) is 18.0. The number of halogens is 2. The van der Waals surface area contributed by atoms with E-state index in [1.807, 2.05) is 0 Å². The molecule has 6 nitrogen and oxygen atoms in total. The lowest BCUT2D eigenvalue weighted by Crippen LogP contribution is -2.49. The van der Waals surface area contributed by atoms with Gasteiger partial charge in [-0.25, -0.2) is 0 Å². The number of fused-ring (bicyclic) bond motifs is 1. The Hall–Kier alpha value is -2.38. The molecule has 2 atom stereocenters. The van der Waals surface area contributed by atoms with Crippen LogP contribution in [0.1, 0.15) is 33.6 Å². The number of alkyl halides is 2. The van der Waals surface area contributed by atoms with Gasteiger partial charge in [-0.05, 0) is 31.4 Å². The van der Waals surface area contributed by atoms with Gasteiger partial charge in [-0.15, -0.1) is 0 Å². The van der Waals surface area contributed by atoms with Crippen molar-refractivity contribution in [2.45, 2.75) is 45.8 Å². The maximum atomic E-state index is 12.6. The molecule has 2 rings (SSSR count). The van der Waals surface area contributed by atoms with E-state index in [1.54, 1.807) is 6.92 Å². The second-order valence-corrected chi connectivity index (χ2v) is 5.59. The fraction of sp³-hybridized carbons (Fsp3) is 0.500. The zero-order valence-electron chi connectivity index (χ0n) is 13.4. The van der Waals surface area contributed by atoms with Gasteiger partial charge in [0, 0.05) is 5.57 Å². The molecule has 0 radical (unpaired) electrons. The molecule has 1 heterocycles. The number of carboxylic acids is 2. The van der Waals surface area contributed by atoms with Crippen molar-refractivity contribution in [3.05, 3.63) is 34.8 Å². The van der Waals surface area contributed by atoms with E-state index in [0.717, 1.165) is 12.2 Å². The van der Waals surface area contributed by atoms with Crippen LogP contribution in [-0.2, 0) is 19.1 Å². The Morgan fingerprint density at radius 1 is 1.25 bits per heavy atom. The SMILES string of the molecule is CCC1(C(=O)[O-])C=CC(OC(F)F)=C2OC(CC)(C(=O)[O-])C(C)=C21. The Labute approximate surface area is 137 Å². The molecule has 0 saturated heterocycles. The van der Waals surface area contributed by atoms with Crippen LogP contribution in [0.4, 0.5) is 8.78 Å². The molecule has 1 aliphatic heterocycles. The Morgan fingerprint density at radius 2 is 1.88 bits per heavy atom. The van der Waals surface area contributed by atoms with Crippen molar-refractivity contribution in [3.63, 3.8) is 0 Å². The predicted octanol–water partition coefficient (Wildman–Crippen LogP) is 0.399. The number of hydrogen-bond acceptors (Lipinski definition) is 6. The van der Waals surface area contributed by atoms with Crippen molar-refractivity contribution in [3.8, 4) is 0 Å². The molecule has 0 N–H and O–H groups in total. The summed E-state index contributed by atoms with van der Waals surface area (Å²) in [4.78, 5) is 23.4. The van der Waals surface area contributed by atoms with Gasteiger partial charge in [0.05, 0.1) is 17.4 Å². The molecule has 0 spiro atoms. The summed E-state index contributed by atoms with van der Waals surface area (Å²) >= 11 is 0. The highest BCUT2D eigenvalue weighted by atomic mass is 19.3. The lowest BCUT2D eigenvalue weighted by molar-refractivity contribution is -0.322. The summed E-state index contributed by atoms with van der Waals surface area (Å²) < 4.78 is 35.0. The molecule has 132 valence electrons. The second kappa shape index (κ2) is 5.92. The Balaban J connectivity index is 2.78. The Kier molecular flexibility index (Phi) is 4.43. The van der Waals surface area contributed by atoms with E-state index >= 15 is 0 Å². The largest absolute Gasteiger partial charge is 0.549 e. The van der Waals surface area contributed by atoms with Crippen LogP contribution in [0.25, 0.3) is 0 Å². The molecule has 0 aromatic rings. The molecular formula is C16H16F2O6-2. The summed E-state index contributed by atoms with van der Waals surface area (Å²) in [5.41, 5.74) is -3.59. The van der Waals surface area contributed by atoms with Gasteiger partial charge in [-0.3, -0.25) is 0 Å². The quantitative estimate of drug-likeness (QED) is 0.693. The van der Waals surface area contributed by atoms with Gasteiger partial charge in [0.15, 0.2) is 17.1 Å². The standard InChI is InChI=1S/C16H18F2O6/c1-4-15(12(19)20)7-6-9(23-14(17)18)11-10(15)8(3)16(5-2,24-11)13(21)22/h6-7,14H,4-5H2,1-3H3,(H,19,20)(H,21,22)/p-2. The molecular weight excluding hydrogens is 326 g/mol. The molecule has 0 fully saturated rings. The van der Waals surface area contributed by atoms with E-state index in [-0.39, 0.29) is 29.7 Å². The topological polar surface area (TPSA) is 98.7 Å². The van der Waals surface area contributed by atoms with E-state index in [0.29, 0.717) is 0 Å². The van der Waals surface area contributed by atoms with Crippen LogP contribution in [0.15, 0.2) is 34.8 Å². The first-order valence-corrected chi connectivity index (χ1v) is 7.38. The minimum Gasteiger partial charge on any atom is -0.549 e. The third-order valence-corrected chi connectivity index (χ3v) is 4.64. The highest BCUT2D eigenvalue weighted by Gasteiger charge is 2.52. The molecule has 0 saturated carbocycles. The predicted molar refractivity (Wildman–Crippen MR) is 72.8 cm³/mol. The third kappa shape index (κ3) is 2.28. The zero-order chi connectivity index (χ0) is 18.3. The van der Waals surface area contributed by atoms with Gasteiger partial charge >= 0.3 is 6.61 Å². The van der Waals surface area contributed by atoms with Crippen molar-refractivity contribution in [2.75, 3.05) is 0 Å². The summed E-state index contributed by atoms with van der Waals surface area (Å²) in [6.07, 6.45) is 2.13. The molecule has 8 heteroatoms. The van der Waals surface area contributed by atoms with Crippen LogP contribution in [0.2, 0.25) is 0 Å². The summed E-state index contributed by atoms with van der Waals surface area (Å²) in [7, 11) is 0. The summed E-state index contributed by atoms with van der Waals surface area (Å²) in [6.45, 7) is 1.26. The maximum Gasteiger partial charge on any atom is 0.387 e. The Morgan fingerprint density at radius 3 is 2.29 bits per heavy atom. The van der Waals surface area contributed by atoms with Gasteiger partial charge in [0.25, 0.3) is 0 Å². The fourth-order valence-corrected chi connectivity index (χ4v) is 3.24. The van der Waals surface area contributed by atoms with Crippen LogP contribution < -0.4 is 10.2 Å². The third-order valence-electron chi connectivity index (χ3n) is 4.64. The molecule has 0 amide bonds. The number of hydrogen-bond donors (Lipinski definition) is 0. The van der Waals surface area contributed by atoms with Crippen molar-refractivity contribution in [1.82, 2.24) is 0 Å². The van der Waals surface area contributed by atoms with E-state index in [4.69, 9.17) is 4.74 Å².